The topological polar surface area (TPSA) is 119 Å². The highest BCUT2D eigenvalue weighted by Gasteiger charge is 2.41. The minimum absolute atomic E-state index is 0.119. The van der Waals surface area contributed by atoms with Gasteiger partial charge >= 0.3 is 6.09 Å². The molecule has 1 amide bonds. The summed E-state index contributed by atoms with van der Waals surface area (Å²) in [7, 11) is -3.69. The summed E-state index contributed by atoms with van der Waals surface area (Å²) in [5, 5.41) is 5.18. The van der Waals surface area contributed by atoms with Gasteiger partial charge in [0.15, 0.2) is 0 Å². The molecule has 1 saturated heterocycles. The molecule has 4 rings (SSSR count). The average molecular weight is 460 g/mol. The number of benzene rings is 1. The quantitative estimate of drug-likeness (QED) is 0.746. The first-order chi connectivity index (χ1) is 15.0. The first kappa shape index (κ1) is 22.5. The van der Waals surface area contributed by atoms with Gasteiger partial charge in [-0.25, -0.2) is 28.3 Å². The van der Waals surface area contributed by atoms with Gasteiger partial charge in [0.05, 0.1) is 4.90 Å². The maximum Gasteiger partial charge on any atom is 0.410 e. The molecule has 2 N–H and O–H groups in total. The van der Waals surface area contributed by atoms with Crippen molar-refractivity contribution >= 4 is 22.1 Å². The minimum atomic E-state index is -3.69. The summed E-state index contributed by atoms with van der Waals surface area (Å²) in [4.78, 5) is 25.4. The van der Waals surface area contributed by atoms with Crippen LogP contribution in [0.2, 0.25) is 0 Å². The Kier molecular flexibility index (Phi) is 5.85. The lowest BCUT2D eigenvalue weighted by atomic mass is 10.1. The average Bonchev–Trinajstić information content (AvgIpc) is 3.53. The Balaban J connectivity index is 1.37. The molecule has 2 atom stereocenters. The summed E-state index contributed by atoms with van der Waals surface area (Å²) < 4.78 is 28.4. The minimum Gasteiger partial charge on any atom is -0.444 e. The fourth-order valence-electron chi connectivity index (χ4n) is 3.93. The molecule has 9 nitrogen and oxygen atoms in total. The van der Waals surface area contributed by atoms with Crippen molar-refractivity contribution in [3.63, 3.8) is 0 Å². The molecule has 32 heavy (non-hydrogen) atoms. The van der Waals surface area contributed by atoms with Crippen LogP contribution in [-0.2, 0) is 14.8 Å². The van der Waals surface area contributed by atoms with Crippen molar-refractivity contribution in [3.05, 3.63) is 47.8 Å². The van der Waals surface area contributed by atoms with Crippen molar-refractivity contribution in [3.8, 4) is 0 Å². The number of sulfonamides is 1. The maximum atomic E-state index is 12.3. The summed E-state index contributed by atoms with van der Waals surface area (Å²) in [5.74, 6) is 1.25. The van der Waals surface area contributed by atoms with E-state index in [1.807, 2.05) is 39.0 Å². The zero-order chi connectivity index (χ0) is 23.1. The van der Waals surface area contributed by atoms with Gasteiger partial charge in [-0.1, -0.05) is 12.1 Å². The Morgan fingerprint density at radius 1 is 1.06 bits per heavy atom. The van der Waals surface area contributed by atoms with Gasteiger partial charge in [0.25, 0.3) is 0 Å². The van der Waals surface area contributed by atoms with Crippen LogP contribution < -0.4 is 10.0 Å². The predicted octanol–water partition coefficient (Wildman–Crippen LogP) is 2.45. The lowest BCUT2D eigenvalue weighted by Crippen LogP contribution is -2.50. The molecule has 2 aliphatic rings. The molecular formula is C22H29N5O4S. The Morgan fingerprint density at radius 2 is 1.72 bits per heavy atom. The molecule has 10 heteroatoms. The number of amides is 1. The van der Waals surface area contributed by atoms with Crippen molar-refractivity contribution in [2.75, 3.05) is 31.1 Å². The van der Waals surface area contributed by atoms with Crippen molar-refractivity contribution in [2.24, 2.45) is 5.14 Å². The summed E-state index contributed by atoms with van der Waals surface area (Å²) in [6.45, 7) is 7.99. The largest absolute Gasteiger partial charge is 0.444 e. The molecule has 1 saturated carbocycles. The lowest BCUT2D eigenvalue weighted by Gasteiger charge is -2.35. The van der Waals surface area contributed by atoms with Gasteiger partial charge in [-0.3, -0.25) is 0 Å². The summed E-state index contributed by atoms with van der Waals surface area (Å²) in [5.41, 5.74) is 1.55. The molecule has 0 spiro atoms. The fraction of sp³-hybridized carbons (Fsp3) is 0.500. The number of piperazine rings is 1. The van der Waals surface area contributed by atoms with Crippen LogP contribution in [-0.4, -0.2) is 61.2 Å². The Hall–Kier alpha value is -2.72. The van der Waals surface area contributed by atoms with E-state index in [4.69, 9.17) is 14.9 Å². The third-order valence-corrected chi connectivity index (χ3v) is 6.61. The number of rotatable bonds is 4. The number of nitrogens with zero attached hydrogens (tertiary/aromatic N) is 4. The van der Waals surface area contributed by atoms with E-state index < -0.39 is 15.6 Å². The van der Waals surface area contributed by atoms with Gasteiger partial charge in [-0.15, -0.1) is 0 Å². The normalized spacial score (nSPS) is 21.4. The van der Waals surface area contributed by atoms with Crippen molar-refractivity contribution in [1.29, 1.82) is 0 Å². The van der Waals surface area contributed by atoms with E-state index in [1.165, 1.54) is 0 Å². The number of carbonyl (C=O) groups is 1. The zero-order valence-electron chi connectivity index (χ0n) is 18.6. The van der Waals surface area contributed by atoms with Crippen LogP contribution >= 0.6 is 0 Å². The number of carbonyl (C=O) groups excluding carboxylic acids is 1. The summed E-state index contributed by atoms with van der Waals surface area (Å²) in [6, 6.07) is 8.68. The van der Waals surface area contributed by atoms with E-state index in [0.717, 1.165) is 17.7 Å². The van der Waals surface area contributed by atoms with Crippen molar-refractivity contribution < 1.29 is 17.9 Å². The fourth-order valence-corrected chi connectivity index (χ4v) is 4.45. The van der Waals surface area contributed by atoms with Crippen molar-refractivity contribution in [2.45, 2.75) is 49.5 Å². The van der Waals surface area contributed by atoms with Gasteiger partial charge < -0.3 is 14.5 Å². The van der Waals surface area contributed by atoms with Crippen LogP contribution in [0.4, 0.5) is 10.7 Å². The molecule has 0 bridgehead atoms. The van der Waals surface area contributed by atoms with Gasteiger partial charge in [-0.2, -0.15) is 0 Å². The second-order valence-electron chi connectivity index (χ2n) is 9.30. The van der Waals surface area contributed by atoms with Crippen LogP contribution in [0.15, 0.2) is 41.4 Å². The molecular weight excluding hydrogens is 430 g/mol. The lowest BCUT2D eigenvalue weighted by molar-refractivity contribution is 0.0240. The number of anilines is 1. The molecule has 2 fully saturated rings. The van der Waals surface area contributed by atoms with Gasteiger partial charge in [-0.05, 0) is 56.9 Å². The zero-order valence-corrected chi connectivity index (χ0v) is 19.4. The van der Waals surface area contributed by atoms with Gasteiger partial charge in [0, 0.05) is 44.0 Å². The number of hydrogen-bond donors (Lipinski definition) is 1. The number of aromatic nitrogens is 2. The smallest absolute Gasteiger partial charge is 0.410 e. The molecule has 0 radical (unpaired) electrons. The van der Waals surface area contributed by atoms with Crippen LogP contribution in [0.1, 0.15) is 50.3 Å². The second-order valence-corrected chi connectivity index (χ2v) is 10.9. The van der Waals surface area contributed by atoms with E-state index in [9.17, 15) is 13.2 Å². The molecule has 1 aliphatic carbocycles. The Labute approximate surface area is 188 Å². The Morgan fingerprint density at radius 3 is 2.31 bits per heavy atom. The van der Waals surface area contributed by atoms with Gasteiger partial charge in [0.1, 0.15) is 5.60 Å². The number of hydrogen-bond acceptors (Lipinski definition) is 7. The number of primary sulfonamides is 1. The molecule has 2 unspecified atom stereocenters. The number of nitrogens with two attached hydrogens (primary N) is 1. The third kappa shape index (κ3) is 5.18. The van der Waals surface area contributed by atoms with Crippen LogP contribution in [0, 0.1) is 0 Å². The standard InChI is InChI=1S/C22H29N5O4S/c1-22(2,3)31-21(28)27-12-10-26(11-13-27)20-24-9-8-19(25-20)18-14-17(18)15-4-6-16(7-5-15)32(23,29)30/h4-9,17-18H,10-14H2,1-3H3,(H2,23,29,30). The monoisotopic (exact) mass is 459 g/mol. The summed E-state index contributed by atoms with van der Waals surface area (Å²) in [6.07, 6.45) is 2.44. The Bertz CT molecular complexity index is 1090. The third-order valence-electron chi connectivity index (χ3n) is 5.69. The van der Waals surface area contributed by atoms with E-state index in [0.29, 0.717) is 38.0 Å². The molecule has 2 heterocycles. The molecule has 1 aromatic heterocycles. The molecule has 172 valence electrons. The molecule has 2 aromatic rings. The number of ether oxygens (including phenoxy) is 1. The van der Waals surface area contributed by atoms with Crippen LogP contribution in [0.5, 0.6) is 0 Å². The van der Waals surface area contributed by atoms with Crippen molar-refractivity contribution in [1.82, 2.24) is 14.9 Å². The second kappa shape index (κ2) is 8.32. The van der Waals surface area contributed by atoms with Crippen LogP contribution in [0.3, 0.4) is 0 Å². The molecule has 1 aromatic carbocycles. The highest BCUT2D eigenvalue weighted by atomic mass is 32.2. The van der Waals surface area contributed by atoms with E-state index >= 15 is 0 Å². The molecule has 1 aliphatic heterocycles. The van der Waals surface area contributed by atoms with Gasteiger partial charge in [0.2, 0.25) is 16.0 Å². The van der Waals surface area contributed by atoms with E-state index in [2.05, 4.69) is 9.88 Å². The SMILES string of the molecule is CC(C)(C)OC(=O)N1CCN(c2nccc(C3CC3c3ccc(S(N)(=O)=O)cc3)n2)CC1. The highest BCUT2D eigenvalue weighted by Crippen LogP contribution is 2.54. The predicted molar refractivity (Wildman–Crippen MR) is 120 cm³/mol. The highest BCUT2D eigenvalue weighted by molar-refractivity contribution is 7.89. The first-order valence-electron chi connectivity index (χ1n) is 10.7. The van der Waals surface area contributed by atoms with Crippen LogP contribution in [0.25, 0.3) is 0 Å². The van der Waals surface area contributed by atoms with E-state index in [1.54, 1.807) is 23.2 Å². The van der Waals surface area contributed by atoms with E-state index in [-0.39, 0.29) is 16.9 Å². The maximum absolute atomic E-state index is 12.3. The first-order valence-corrected chi connectivity index (χ1v) is 12.2. The summed E-state index contributed by atoms with van der Waals surface area (Å²) >= 11 is 0.